The molecular formula is C22H23N3O2. The summed E-state index contributed by atoms with van der Waals surface area (Å²) < 4.78 is 5.56. The maximum Gasteiger partial charge on any atom is 0.276 e. The summed E-state index contributed by atoms with van der Waals surface area (Å²) in [6.45, 7) is 4.30. The van der Waals surface area contributed by atoms with Crippen molar-refractivity contribution in [2.45, 2.75) is 19.4 Å². The van der Waals surface area contributed by atoms with Crippen LogP contribution in [0.2, 0.25) is 0 Å². The lowest BCUT2D eigenvalue weighted by Gasteiger charge is -2.36. The zero-order valence-electron chi connectivity index (χ0n) is 15.4. The highest BCUT2D eigenvalue weighted by Gasteiger charge is 2.30. The number of carbonyl (C=O) groups excluding carboxylic acids is 1. The van der Waals surface area contributed by atoms with Gasteiger partial charge >= 0.3 is 0 Å². The molecule has 0 radical (unpaired) electrons. The van der Waals surface area contributed by atoms with Crippen molar-refractivity contribution in [3.63, 3.8) is 0 Å². The number of hydrogen-bond acceptors (Lipinski definition) is 4. The molecule has 0 saturated carbocycles. The second-order valence-corrected chi connectivity index (χ2v) is 6.72. The number of nitrogens with zero attached hydrogens (tertiary/aromatic N) is 2. The molecule has 1 aromatic heterocycles. The van der Waals surface area contributed by atoms with Gasteiger partial charge in [-0.05, 0) is 29.7 Å². The SMILES string of the molecule is CCc1ccc(C2CNCCN2C(=O)c2coc(-c3ccccc3)n2)cc1. The van der Waals surface area contributed by atoms with Crippen molar-refractivity contribution in [2.75, 3.05) is 19.6 Å². The van der Waals surface area contributed by atoms with Gasteiger partial charge in [0, 0.05) is 25.2 Å². The van der Waals surface area contributed by atoms with Crippen molar-refractivity contribution in [3.05, 3.63) is 77.7 Å². The van der Waals surface area contributed by atoms with Gasteiger partial charge in [-0.1, -0.05) is 49.4 Å². The van der Waals surface area contributed by atoms with Crippen molar-refractivity contribution in [1.29, 1.82) is 0 Å². The molecule has 27 heavy (non-hydrogen) atoms. The zero-order chi connectivity index (χ0) is 18.6. The van der Waals surface area contributed by atoms with Crippen LogP contribution in [0.25, 0.3) is 11.5 Å². The Morgan fingerprint density at radius 2 is 1.96 bits per heavy atom. The summed E-state index contributed by atoms with van der Waals surface area (Å²) in [4.78, 5) is 19.5. The molecule has 1 N–H and O–H groups in total. The lowest BCUT2D eigenvalue weighted by molar-refractivity contribution is 0.0628. The Morgan fingerprint density at radius 3 is 2.70 bits per heavy atom. The summed E-state index contributed by atoms with van der Waals surface area (Å²) in [5, 5.41) is 3.39. The van der Waals surface area contributed by atoms with Gasteiger partial charge in [0.2, 0.25) is 5.89 Å². The van der Waals surface area contributed by atoms with Gasteiger partial charge in [-0.25, -0.2) is 4.98 Å². The summed E-state index contributed by atoms with van der Waals surface area (Å²) in [5.74, 6) is 0.380. The third kappa shape index (κ3) is 3.64. The number of hydrogen-bond donors (Lipinski definition) is 1. The molecule has 1 aliphatic rings. The molecule has 1 amide bonds. The Hall–Kier alpha value is -2.92. The van der Waals surface area contributed by atoms with Crippen LogP contribution >= 0.6 is 0 Å². The minimum absolute atomic E-state index is 0.00553. The van der Waals surface area contributed by atoms with E-state index in [1.807, 2.05) is 35.2 Å². The van der Waals surface area contributed by atoms with Crippen LogP contribution in [-0.2, 0) is 6.42 Å². The molecule has 0 bridgehead atoms. The smallest absolute Gasteiger partial charge is 0.276 e. The molecule has 1 atom stereocenters. The van der Waals surface area contributed by atoms with Crippen molar-refractivity contribution in [1.82, 2.24) is 15.2 Å². The molecule has 0 spiro atoms. The number of aryl methyl sites for hydroxylation is 1. The second-order valence-electron chi connectivity index (χ2n) is 6.72. The molecular weight excluding hydrogens is 338 g/mol. The fourth-order valence-electron chi connectivity index (χ4n) is 3.45. The Balaban J connectivity index is 1.58. The van der Waals surface area contributed by atoms with Crippen LogP contribution in [0.15, 0.2) is 65.3 Å². The van der Waals surface area contributed by atoms with Crippen LogP contribution < -0.4 is 5.32 Å². The van der Waals surface area contributed by atoms with E-state index in [2.05, 4.69) is 41.5 Å². The van der Waals surface area contributed by atoms with Crippen LogP contribution in [-0.4, -0.2) is 35.4 Å². The fourth-order valence-corrected chi connectivity index (χ4v) is 3.45. The normalized spacial score (nSPS) is 17.1. The van der Waals surface area contributed by atoms with E-state index in [4.69, 9.17) is 4.42 Å². The maximum atomic E-state index is 13.1. The van der Waals surface area contributed by atoms with Gasteiger partial charge in [0.1, 0.15) is 6.26 Å². The van der Waals surface area contributed by atoms with E-state index in [1.54, 1.807) is 0 Å². The van der Waals surface area contributed by atoms with Gasteiger partial charge in [-0.2, -0.15) is 0 Å². The lowest BCUT2D eigenvalue weighted by atomic mass is 10.0. The Bertz CT molecular complexity index is 903. The zero-order valence-corrected chi connectivity index (χ0v) is 15.4. The van der Waals surface area contributed by atoms with Crippen LogP contribution in [0.3, 0.4) is 0 Å². The Kier molecular flexibility index (Phi) is 5.03. The molecule has 1 aliphatic heterocycles. The highest BCUT2D eigenvalue weighted by molar-refractivity contribution is 5.93. The predicted octanol–water partition coefficient (Wildman–Crippen LogP) is 3.69. The predicted molar refractivity (Wildman–Crippen MR) is 104 cm³/mol. The first-order chi connectivity index (χ1) is 13.3. The van der Waals surface area contributed by atoms with E-state index in [0.717, 1.165) is 30.6 Å². The number of rotatable bonds is 4. The average molecular weight is 361 g/mol. The van der Waals surface area contributed by atoms with Gasteiger partial charge in [0.25, 0.3) is 5.91 Å². The second kappa shape index (κ2) is 7.76. The first kappa shape index (κ1) is 17.5. The summed E-state index contributed by atoms with van der Waals surface area (Å²) in [5.41, 5.74) is 3.65. The topological polar surface area (TPSA) is 58.4 Å². The third-order valence-electron chi connectivity index (χ3n) is 5.02. The Morgan fingerprint density at radius 1 is 1.19 bits per heavy atom. The molecule has 1 fully saturated rings. The van der Waals surface area contributed by atoms with Crippen molar-refractivity contribution in [2.24, 2.45) is 0 Å². The number of piperazine rings is 1. The minimum Gasteiger partial charge on any atom is -0.444 e. The molecule has 1 unspecified atom stereocenters. The van der Waals surface area contributed by atoms with Crippen molar-refractivity contribution < 1.29 is 9.21 Å². The number of nitrogens with one attached hydrogen (secondary N) is 1. The van der Waals surface area contributed by atoms with Crippen LogP contribution in [0.1, 0.15) is 34.6 Å². The molecule has 4 rings (SSSR count). The highest BCUT2D eigenvalue weighted by atomic mass is 16.3. The maximum absolute atomic E-state index is 13.1. The number of oxazole rings is 1. The average Bonchev–Trinajstić information content (AvgIpc) is 3.24. The summed E-state index contributed by atoms with van der Waals surface area (Å²) in [6, 6.07) is 18.1. The fraction of sp³-hybridized carbons (Fsp3) is 0.273. The van der Waals surface area contributed by atoms with Gasteiger partial charge in [0.05, 0.1) is 6.04 Å². The van der Waals surface area contributed by atoms with E-state index in [9.17, 15) is 4.79 Å². The van der Waals surface area contributed by atoms with E-state index >= 15 is 0 Å². The molecule has 0 aliphatic carbocycles. The van der Waals surface area contributed by atoms with E-state index < -0.39 is 0 Å². The summed E-state index contributed by atoms with van der Waals surface area (Å²) in [6.07, 6.45) is 2.47. The van der Waals surface area contributed by atoms with Crippen LogP contribution in [0.5, 0.6) is 0 Å². The number of amides is 1. The highest BCUT2D eigenvalue weighted by Crippen LogP contribution is 2.26. The number of aromatic nitrogens is 1. The van der Waals surface area contributed by atoms with Gasteiger partial charge in [0.15, 0.2) is 5.69 Å². The molecule has 3 aromatic rings. The van der Waals surface area contributed by atoms with Gasteiger partial charge in [-0.3, -0.25) is 4.79 Å². The first-order valence-electron chi connectivity index (χ1n) is 9.37. The van der Waals surface area contributed by atoms with E-state index in [1.165, 1.54) is 11.8 Å². The summed E-state index contributed by atoms with van der Waals surface area (Å²) >= 11 is 0. The van der Waals surface area contributed by atoms with Crippen molar-refractivity contribution in [3.8, 4) is 11.5 Å². The van der Waals surface area contributed by atoms with Gasteiger partial charge < -0.3 is 14.6 Å². The summed E-state index contributed by atoms with van der Waals surface area (Å²) in [7, 11) is 0. The first-order valence-corrected chi connectivity index (χ1v) is 9.37. The lowest BCUT2D eigenvalue weighted by Crippen LogP contribution is -2.48. The molecule has 5 nitrogen and oxygen atoms in total. The molecule has 138 valence electrons. The quantitative estimate of drug-likeness (QED) is 0.770. The largest absolute Gasteiger partial charge is 0.444 e. The van der Waals surface area contributed by atoms with Crippen LogP contribution in [0, 0.1) is 0 Å². The minimum atomic E-state index is -0.0907. The van der Waals surface area contributed by atoms with E-state index in [-0.39, 0.29) is 11.9 Å². The number of benzene rings is 2. The standard InChI is InChI=1S/C22H23N3O2/c1-2-16-8-10-17(11-9-16)20-14-23-12-13-25(20)22(26)19-15-27-21(24-19)18-6-4-3-5-7-18/h3-11,15,20,23H,2,12-14H2,1H3. The van der Waals surface area contributed by atoms with E-state index in [0.29, 0.717) is 18.1 Å². The molecule has 5 heteroatoms. The monoisotopic (exact) mass is 361 g/mol. The van der Waals surface area contributed by atoms with Crippen molar-refractivity contribution >= 4 is 5.91 Å². The van der Waals surface area contributed by atoms with Gasteiger partial charge in [-0.15, -0.1) is 0 Å². The number of carbonyl (C=O) groups is 1. The Labute approximate surface area is 159 Å². The molecule has 2 heterocycles. The third-order valence-corrected chi connectivity index (χ3v) is 5.02. The molecule has 1 saturated heterocycles. The molecule has 2 aromatic carbocycles. The van der Waals surface area contributed by atoms with Crippen LogP contribution in [0.4, 0.5) is 0 Å².